The minimum Gasteiger partial charge on any atom is -0.507 e. The van der Waals surface area contributed by atoms with E-state index in [0.29, 0.717) is 5.75 Å². The first-order valence-electron chi connectivity index (χ1n) is 4.60. The molecule has 0 heterocycles. The lowest BCUT2D eigenvalue weighted by molar-refractivity contribution is 0.297. The predicted octanol–water partition coefficient (Wildman–Crippen LogP) is 2.29. The Morgan fingerprint density at radius 1 is 1.54 bits per heavy atom. The number of benzene rings is 1. The summed E-state index contributed by atoms with van der Waals surface area (Å²) in [6.45, 7) is 2.69. The molecule has 1 N–H and O–H groups in total. The van der Waals surface area contributed by atoms with Crippen LogP contribution >= 0.6 is 0 Å². The van der Waals surface area contributed by atoms with Gasteiger partial charge in [0.25, 0.3) is 0 Å². The molecule has 0 atom stereocenters. The second kappa shape index (κ2) is 3.29. The first-order chi connectivity index (χ1) is 6.24. The SMILES string of the molecule is Cc1cc(O)[c]c(OCC2CC2)c1. The fraction of sp³-hybridized carbons (Fsp3) is 0.455. The van der Waals surface area contributed by atoms with Gasteiger partial charge in [0, 0.05) is 0 Å². The Kier molecular flexibility index (Phi) is 2.13. The van der Waals surface area contributed by atoms with E-state index < -0.39 is 0 Å². The van der Waals surface area contributed by atoms with E-state index in [1.165, 1.54) is 12.8 Å². The van der Waals surface area contributed by atoms with E-state index >= 15 is 0 Å². The van der Waals surface area contributed by atoms with Crippen LogP contribution in [0.3, 0.4) is 0 Å². The summed E-state index contributed by atoms with van der Waals surface area (Å²) in [5.41, 5.74) is 1.00. The average Bonchev–Trinajstić information content (AvgIpc) is 2.81. The highest BCUT2D eigenvalue weighted by molar-refractivity contribution is 5.35. The largest absolute Gasteiger partial charge is 0.507 e. The zero-order valence-electron chi connectivity index (χ0n) is 7.71. The highest BCUT2D eigenvalue weighted by Crippen LogP contribution is 2.30. The Hall–Kier alpha value is -1.18. The molecule has 1 aromatic rings. The van der Waals surface area contributed by atoms with Crippen LogP contribution in [0.15, 0.2) is 12.1 Å². The van der Waals surface area contributed by atoms with E-state index in [1.807, 2.05) is 13.0 Å². The number of aromatic hydroxyl groups is 1. The summed E-state index contributed by atoms with van der Waals surface area (Å²) in [4.78, 5) is 0. The molecule has 1 fully saturated rings. The topological polar surface area (TPSA) is 29.5 Å². The number of rotatable bonds is 3. The van der Waals surface area contributed by atoms with Crippen molar-refractivity contribution in [2.45, 2.75) is 19.8 Å². The van der Waals surface area contributed by atoms with E-state index in [0.717, 1.165) is 18.1 Å². The standard InChI is InChI=1S/C11H13O2/c1-8-4-10(12)6-11(5-8)13-7-9-2-3-9/h4-5,9,12H,2-3,7H2,1H3. The van der Waals surface area contributed by atoms with Crippen molar-refractivity contribution >= 4 is 0 Å². The van der Waals surface area contributed by atoms with Crippen molar-refractivity contribution in [3.8, 4) is 11.5 Å². The van der Waals surface area contributed by atoms with Crippen LogP contribution in [0, 0.1) is 18.9 Å². The van der Waals surface area contributed by atoms with Gasteiger partial charge in [-0.3, -0.25) is 0 Å². The molecule has 0 aliphatic heterocycles. The van der Waals surface area contributed by atoms with E-state index in [2.05, 4.69) is 6.07 Å². The van der Waals surface area contributed by atoms with Crippen molar-refractivity contribution in [3.63, 3.8) is 0 Å². The van der Waals surface area contributed by atoms with Gasteiger partial charge in [0.1, 0.15) is 11.5 Å². The third-order valence-corrected chi connectivity index (χ3v) is 2.15. The maximum absolute atomic E-state index is 9.24. The van der Waals surface area contributed by atoms with Crippen LogP contribution in [0.5, 0.6) is 11.5 Å². The molecule has 0 amide bonds. The van der Waals surface area contributed by atoms with Crippen molar-refractivity contribution in [2.24, 2.45) is 5.92 Å². The van der Waals surface area contributed by atoms with Gasteiger partial charge in [0.2, 0.25) is 0 Å². The van der Waals surface area contributed by atoms with Crippen LogP contribution in [0.2, 0.25) is 0 Å². The molecule has 13 heavy (non-hydrogen) atoms. The number of phenols is 1. The Balaban J connectivity index is 2.01. The molecule has 69 valence electrons. The fourth-order valence-corrected chi connectivity index (χ4v) is 1.23. The van der Waals surface area contributed by atoms with Crippen LogP contribution in [0.4, 0.5) is 0 Å². The third kappa shape index (κ3) is 2.38. The number of hydrogen-bond donors (Lipinski definition) is 1. The van der Waals surface area contributed by atoms with Crippen LogP contribution in [0.25, 0.3) is 0 Å². The molecule has 2 heteroatoms. The van der Waals surface area contributed by atoms with Gasteiger partial charge in [0.15, 0.2) is 0 Å². The molecule has 1 radical (unpaired) electrons. The molecule has 0 spiro atoms. The number of aryl methyl sites for hydroxylation is 1. The zero-order chi connectivity index (χ0) is 9.26. The molecule has 1 aliphatic rings. The first kappa shape index (κ1) is 8.42. The van der Waals surface area contributed by atoms with Crippen molar-refractivity contribution in [2.75, 3.05) is 6.61 Å². The Morgan fingerprint density at radius 2 is 2.31 bits per heavy atom. The monoisotopic (exact) mass is 177 g/mol. The van der Waals surface area contributed by atoms with Crippen LogP contribution in [-0.4, -0.2) is 11.7 Å². The highest BCUT2D eigenvalue weighted by atomic mass is 16.5. The molecule has 1 aromatic carbocycles. The van der Waals surface area contributed by atoms with Gasteiger partial charge in [-0.1, -0.05) is 0 Å². The lowest BCUT2D eigenvalue weighted by Gasteiger charge is -2.05. The molecule has 2 rings (SSSR count). The summed E-state index contributed by atoms with van der Waals surface area (Å²) in [7, 11) is 0. The summed E-state index contributed by atoms with van der Waals surface area (Å²) < 4.78 is 5.48. The van der Waals surface area contributed by atoms with Crippen molar-refractivity contribution < 1.29 is 9.84 Å². The summed E-state index contributed by atoms with van der Waals surface area (Å²) in [6, 6.07) is 6.33. The summed E-state index contributed by atoms with van der Waals surface area (Å²) in [5, 5.41) is 9.24. The fourth-order valence-electron chi connectivity index (χ4n) is 1.23. The summed E-state index contributed by atoms with van der Waals surface area (Å²) >= 11 is 0. The lowest BCUT2D eigenvalue weighted by atomic mass is 10.2. The lowest BCUT2D eigenvalue weighted by Crippen LogP contribution is -1.98. The normalized spacial score (nSPS) is 15.8. The van der Waals surface area contributed by atoms with Gasteiger partial charge in [-0.2, -0.15) is 0 Å². The molecular weight excluding hydrogens is 164 g/mol. The molecular formula is C11H13O2. The molecule has 1 saturated carbocycles. The minimum atomic E-state index is 0.158. The van der Waals surface area contributed by atoms with Crippen LogP contribution in [-0.2, 0) is 0 Å². The van der Waals surface area contributed by atoms with Gasteiger partial charge in [-0.25, -0.2) is 0 Å². The van der Waals surface area contributed by atoms with Crippen molar-refractivity contribution in [3.05, 3.63) is 23.8 Å². The van der Waals surface area contributed by atoms with Gasteiger partial charge in [0.05, 0.1) is 12.7 Å². The predicted molar refractivity (Wildman–Crippen MR) is 49.9 cm³/mol. The molecule has 0 aromatic heterocycles. The number of phenolic OH excluding ortho intramolecular Hbond substituents is 1. The second-order valence-corrected chi connectivity index (χ2v) is 3.66. The molecule has 1 aliphatic carbocycles. The van der Waals surface area contributed by atoms with Gasteiger partial charge < -0.3 is 9.84 Å². The maximum Gasteiger partial charge on any atom is 0.131 e. The van der Waals surface area contributed by atoms with Gasteiger partial charge in [-0.05, 0) is 43.4 Å². The third-order valence-electron chi connectivity index (χ3n) is 2.15. The molecule has 0 saturated heterocycles. The van der Waals surface area contributed by atoms with E-state index in [-0.39, 0.29) is 5.75 Å². The Bertz CT molecular complexity index is 283. The quantitative estimate of drug-likeness (QED) is 0.767. The zero-order valence-corrected chi connectivity index (χ0v) is 7.71. The Morgan fingerprint density at radius 3 is 2.92 bits per heavy atom. The maximum atomic E-state index is 9.24. The minimum absolute atomic E-state index is 0.158. The van der Waals surface area contributed by atoms with Crippen LogP contribution in [0.1, 0.15) is 18.4 Å². The summed E-state index contributed by atoms with van der Waals surface area (Å²) in [6.07, 6.45) is 2.55. The van der Waals surface area contributed by atoms with Crippen molar-refractivity contribution in [1.82, 2.24) is 0 Å². The first-order valence-corrected chi connectivity index (χ1v) is 4.60. The van der Waals surface area contributed by atoms with E-state index in [9.17, 15) is 5.11 Å². The van der Waals surface area contributed by atoms with Crippen LogP contribution < -0.4 is 4.74 Å². The van der Waals surface area contributed by atoms with Crippen molar-refractivity contribution in [1.29, 1.82) is 0 Å². The molecule has 0 unspecified atom stereocenters. The Labute approximate surface area is 78.2 Å². The van der Waals surface area contributed by atoms with Gasteiger partial charge >= 0.3 is 0 Å². The molecule has 0 bridgehead atoms. The van der Waals surface area contributed by atoms with E-state index in [4.69, 9.17) is 4.74 Å². The smallest absolute Gasteiger partial charge is 0.131 e. The van der Waals surface area contributed by atoms with E-state index in [1.54, 1.807) is 6.07 Å². The van der Waals surface area contributed by atoms with Gasteiger partial charge in [-0.15, -0.1) is 0 Å². The second-order valence-electron chi connectivity index (χ2n) is 3.66. The highest BCUT2D eigenvalue weighted by Gasteiger charge is 2.21. The average molecular weight is 177 g/mol. The molecule has 2 nitrogen and oxygen atoms in total. The summed E-state index contributed by atoms with van der Waals surface area (Å²) in [5.74, 6) is 1.55. The number of hydrogen-bond acceptors (Lipinski definition) is 2. The number of ether oxygens (including phenoxy) is 1.